The standard InChI is InChI=1S/C29H37N3O5/c1-6-36-24-13-18-15-32(27(30)20(18)14-21(24)28(35)31-5)16-23(33)17-11-22(29(2,3)4)26(34)25(12-17)37-19-9-7-8-10-19/h11-14,19,30,34H,6-10,15-16H2,1-5H3,(H,31,35). The van der Waals surface area contributed by atoms with Gasteiger partial charge in [0.15, 0.2) is 17.3 Å². The highest BCUT2D eigenvalue weighted by Gasteiger charge is 2.31. The van der Waals surface area contributed by atoms with Gasteiger partial charge in [0.2, 0.25) is 0 Å². The fourth-order valence-electron chi connectivity index (χ4n) is 5.03. The molecule has 0 radical (unpaired) electrons. The molecule has 0 spiro atoms. The van der Waals surface area contributed by atoms with Crippen LogP contribution in [-0.2, 0) is 12.0 Å². The lowest BCUT2D eigenvalue weighted by molar-refractivity contribution is 0.0952. The lowest BCUT2D eigenvalue weighted by atomic mass is 9.84. The average molecular weight is 508 g/mol. The molecule has 2 aromatic rings. The van der Waals surface area contributed by atoms with E-state index in [0.29, 0.717) is 46.9 Å². The first kappa shape index (κ1) is 26.5. The number of carbonyl (C=O) groups excluding carboxylic acids is 2. The zero-order valence-corrected chi connectivity index (χ0v) is 22.4. The predicted molar refractivity (Wildman–Crippen MR) is 142 cm³/mol. The zero-order valence-electron chi connectivity index (χ0n) is 22.4. The highest BCUT2D eigenvalue weighted by molar-refractivity contribution is 6.07. The van der Waals surface area contributed by atoms with Gasteiger partial charge in [-0.05, 0) is 67.9 Å². The van der Waals surface area contributed by atoms with E-state index in [9.17, 15) is 14.7 Å². The van der Waals surface area contributed by atoms with E-state index >= 15 is 0 Å². The summed E-state index contributed by atoms with van der Waals surface area (Å²) in [5.74, 6) is 0.622. The van der Waals surface area contributed by atoms with Crippen LogP contribution in [-0.4, -0.2) is 53.8 Å². The lowest BCUT2D eigenvalue weighted by Crippen LogP contribution is -2.30. The van der Waals surface area contributed by atoms with Gasteiger partial charge in [0.05, 0.1) is 24.8 Å². The number of phenols is 1. The number of benzene rings is 2. The van der Waals surface area contributed by atoms with Gasteiger partial charge in [0.1, 0.15) is 11.6 Å². The van der Waals surface area contributed by atoms with Crippen LogP contribution in [0, 0.1) is 5.41 Å². The Bertz CT molecular complexity index is 1230. The van der Waals surface area contributed by atoms with Crippen LogP contribution in [0.3, 0.4) is 0 Å². The topological polar surface area (TPSA) is 112 Å². The summed E-state index contributed by atoms with van der Waals surface area (Å²) in [6.45, 7) is 8.58. The van der Waals surface area contributed by atoms with Crippen LogP contribution in [0.2, 0.25) is 0 Å². The Hall–Kier alpha value is -3.55. The molecule has 1 aliphatic heterocycles. The number of amides is 1. The lowest BCUT2D eigenvalue weighted by Gasteiger charge is -2.25. The molecule has 2 aromatic carbocycles. The summed E-state index contributed by atoms with van der Waals surface area (Å²) in [5.41, 5.74) is 2.52. The summed E-state index contributed by atoms with van der Waals surface area (Å²) < 4.78 is 11.8. The molecular formula is C29H37N3O5. The van der Waals surface area contributed by atoms with Gasteiger partial charge in [-0.3, -0.25) is 15.0 Å². The Labute approximate surface area is 218 Å². The smallest absolute Gasteiger partial charge is 0.254 e. The number of rotatable bonds is 8. The zero-order chi connectivity index (χ0) is 26.9. The molecular weight excluding hydrogens is 470 g/mol. The van der Waals surface area contributed by atoms with Gasteiger partial charge in [-0.25, -0.2) is 0 Å². The minimum atomic E-state index is -0.392. The number of hydrogen-bond donors (Lipinski definition) is 3. The Morgan fingerprint density at radius 2 is 1.84 bits per heavy atom. The van der Waals surface area contributed by atoms with Crippen LogP contribution >= 0.6 is 0 Å². The molecule has 4 rings (SSSR count). The van der Waals surface area contributed by atoms with Crippen LogP contribution in [0.4, 0.5) is 0 Å². The second kappa shape index (κ2) is 10.4. The summed E-state index contributed by atoms with van der Waals surface area (Å²) in [5, 5.41) is 22.3. The van der Waals surface area contributed by atoms with Crippen LogP contribution in [0.15, 0.2) is 24.3 Å². The molecule has 1 saturated carbocycles. The number of ether oxygens (including phenoxy) is 2. The van der Waals surface area contributed by atoms with Crippen molar-refractivity contribution in [2.24, 2.45) is 0 Å². The number of phenolic OH excluding ortho intramolecular Hbond substituents is 1. The summed E-state index contributed by atoms with van der Waals surface area (Å²) >= 11 is 0. The maximum Gasteiger partial charge on any atom is 0.254 e. The first-order valence-corrected chi connectivity index (χ1v) is 13.0. The molecule has 1 fully saturated rings. The van der Waals surface area contributed by atoms with Crippen LogP contribution in [0.1, 0.15) is 90.8 Å². The van der Waals surface area contributed by atoms with Crippen molar-refractivity contribution in [3.05, 3.63) is 52.1 Å². The van der Waals surface area contributed by atoms with Gasteiger partial charge >= 0.3 is 0 Å². The number of fused-ring (bicyclic) bond motifs is 1. The van der Waals surface area contributed by atoms with Crippen molar-refractivity contribution < 1.29 is 24.2 Å². The molecule has 2 aliphatic rings. The van der Waals surface area contributed by atoms with Crippen LogP contribution < -0.4 is 14.8 Å². The molecule has 3 N–H and O–H groups in total. The largest absolute Gasteiger partial charge is 0.504 e. The molecule has 1 heterocycles. The Morgan fingerprint density at radius 3 is 2.46 bits per heavy atom. The Balaban J connectivity index is 1.61. The Kier molecular flexibility index (Phi) is 7.48. The van der Waals surface area contributed by atoms with E-state index in [1.165, 1.54) is 0 Å². The van der Waals surface area contributed by atoms with Gasteiger partial charge in [0.25, 0.3) is 5.91 Å². The number of Topliss-reactive ketones (excluding diaryl/α,β-unsaturated/α-hetero) is 1. The predicted octanol–water partition coefficient (Wildman–Crippen LogP) is 4.79. The molecule has 1 aliphatic carbocycles. The highest BCUT2D eigenvalue weighted by Crippen LogP contribution is 2.41. The maximum absolute atomic E-state index is 13.5. The quantitative estimate of drug-likeness (QED) is 0.443. The van der Waals surface area contributed by atoms with Gasteiger partial charge in [0, 0.05) is 30.3 Å². The second-order valence-electron chi connectivity index (χ2n) is 10.8. The van der Waals surface area contributed by atoms with Gasteiger partial charge in [-0.15, -0.1) is 0 Å². The number of aromatic hydroxyl groups is 1. The number of nitrogens with one attached hydrogen (secondary N) is 2. The number of ketones is 1. The van der Waals surface area contributed by atoms with Crippen molar-refractivity contribution in [1.82, 2.24) is 10.2 Å². The van der Waals surface area contributed by atoms with E-state index in [1.807, 2.05) is 27.7 Å². The summed E-state index contributed by atoms with van der Waals surface area (Å²) in [4.78, 5) is 27.6. The molecule has 8 nitrogen and oxygen atoms in total. The van der Waals surface area contributed by atoms with Crippen molar-refractivity contribution >= 4 is 17.5 Å². The van der Waals surface area contributed by atoms with Crippen LogP contribution in [0.5, 0.6) is 17.2 Å². The molecule has 0 saturated heterocycles. The summed E-state index contributed by atoms with van der Waals surface area (Å²) in [6, 6.07) is 6.82. The van der Waals surface area contributed by atoms with E-state index in [1.54, 1.807) is 36.2 Å². The monoisotopic (exact) mass is 507 g/mol. The average Bonchev–Trinajstić information content (AvgIpc) is 3.46. The summed E-state index contributed by atoms with van der Waals surface area (Å²) in [6.07, 6.45) is 4.11. The van der Waals surface area contributed by atoms with E-state index in [4.69, 9.17) is 14.9 Å². The fraction of sp³-hybridized carbons (Fsp3) is 0.483. The Morgan fingerprint density at radius 1 is 1.14 bits per heavy atom. The van der Waals surface area contributed by atoms with E-state index < -0.39 is 5.41 Å². The molecule has 0 unspecified atom stereocenters. The highest BCUT2D eigenvalue weighted by atomic mass is 16.5. The van der Waals surface area contributed by atoms with E-state index in [0.717, 1.165) is 31.2 Å². The molecule has 8 heteroatoms. The number of carbonyl (C=O) groups is 2. The third kappa shape index (κ3) is 5.43. The van der Waals surface area contributed by atoms with Gasteiger partial charge in [-0.1, -0.05) is 20.8 Å². The summed E-state index contributed by atoms with van der Waals surface area (Å²) in [7, 11) is 1.55. The normalized spacial score (nSPS) is 15.6. The molecule has 1 amide bonds. The SMILES string of the molecule is CCOc1cc2c(cc1C(=O)NC)C(=N)N(CC(=O)c1cc(OC3CCCC3)c(O)c(C(C)(C)C)c1)C2. The van der Waals surface area contributed by atoms with Crippen molar-refractivity contribution in [2.75, 3.05) is 20.2 Å². The van der Waals surface area contributed by atoms with Crippen LogP contribution in [0.25, 0.3) is 0 Å². The minimum absolute atomic E-state index is 0.00990. The van der Waals surface area contributed by atoms with Crippen molar-refractivity contribution in [3.8, 4) is 17.2 Å². The third-order valence-corrected chi connectivity index (χ3v) is 7.04. The van der Waals surface area contributed by atoms with Crippen molar-refractivity contribution in [3.63, 3.8) is 0 Å². The first-order chi connectivity index (χ1) is 17.5. The molecule has 37 heavy (non-hydrogen) atoms. The maximum atomic E-state index is 13.5. The number of nitrogens with zero attached hydrogens (tertiary/aromatic N) is 1. The van der Waals surface area contributed by atoms with E-state index in [-0.39, 0.29) is 35.9 Å². The second-order valence-corrected chi connectivity index (χ2v) is 10.8. The molecule has 0 aromatic heterocycles. The molecule has 0 bridgehead atoms. The van der Waals surface area contributed by atoms with Crippen molar-refractivity contribution in [2.45, 2.75) is 71.4 Å². The van der Waals surface area contributed by atoms with Crippen molar-refractivity contribution in [1.29, 1.82) is 5.41 Å². The number of hydrogen-bond acceptors (Lipinski definition) is 6. The first-order valence-electron chi connectivity index (χ1n) is 13.0. The third-order valence-electron chi connectivity index (χ3n) is 7.04. The molecule has 0 atom stereocenters. The molecule has 198 valence electrons. The minimum Gasteiger partial charge on any atom is -0.504 e. The van der Waals surface area contributed by atoms with E-state index in [2.05, 4.69) is 5.32 Å². The van der Waals surface area contributed by atoms with Gasteiger partial charge < -0.3 is 24.8 Å². The fourth-order valence-corrected chi connectivity index (χ4v) is 5.03. The number of amidine groups is 1. The van der Waals surface area contributed by atoms with Gasteiger partial charge in [-0.2, -0.15) is 0 Å².